The highest BCUT2D eigenvalue weighted by molar-refractivity contribution is 6.04. The minimum atomic E-state index is -1.14. The molecule has 2 heterocycles. The van der Waals surface area contributed by atoms with Gasteiger partial charge in [-0.3, -0.25) is 14.2 Å². The van der Waals surface area contributed by atoms with E-state index in [-0.39, 0.29) is 17.1 Å². The van der Waals surface area contributed by atoms with E-state index in [1.54, 1.807) is 13.0 Å². The van der Waals surface area contributed by atoms with Crippen LogP contribution in [0.5, 0.6) is 5.75 Å². The van der Waals surface area contributed by atoms with Gasteiger partial charge < -0.3 is 20.1 Å². The summed E-state index contributed by atoms with van der Waals surface area (Å²) in [4.78, 5) is 40.1. The number of aromatic hydroxyl groups is 1. The smallest absolute Gasteiger partial charge is 0.335 e. The molecule has 0 unspecified atom stereocenters. The number of nitrogens with zero attached hydrogens (tertiary/aromatic N) is 3. The predicted octanol–water partition coefficient (Wildman–Crippen LogP) is 1.40. The number of hydrogen-bond donors (Lipinski definition) is 3. The van der Waals surface area contributed by atoms with Crippen molar-refractivity contribution in [2.24, 2.45) is 7.05 Å². The van der Waals surface area contributed by atoms with Crippen LogP contribution in [0.3, 0.4) is 0 Å². The van der Waals surface area contributed by atoms with Gasteiger partial charge >= 0.3 is 5.97 Å². The van der Waals surface area contributed by atoms with Crippen LogP contribution in [0.15, 0.2) is 40.0 Å². The van der Waals surface area contributed by atoms with E-state index in [4.69, 9.17) is 0 Å². The summed E-state index contributed by atoms with van der Waals surface area (Å²) in [7, 11) is 1.36. The summed E-state index contributed by atoms with van der Waals surface area (Å²) in [5.41, 5.74) is -0.204. The van der Waals surface area contributed by atoms with Gasteiger partial charge in [-0.15, -0.1) is 0 Å². The summed E-state index contributed by atoms with van der Waals surface area (Å²) in [5, 5.41) is 25.1. The maximum Gasteiger partial charge on any atom is 0.335 e. The minimum absolute atomic E-state index is 0.00259. The summed E-state index contributed by atoms with van der Waals surface area (Å²) in [5.74, 6) is -2.80. The molecule has 0 radical (unpaired) electrons. The van der Waals surface area contributed by atoms with Gasteiger partial charge in [0, 0.05) is 12.6 Å². The van der Waals surface area contributed by atoms with Crippen molar-refractivity contribution >= 4 is 17.6 Å². The highest BCUT2D eigenvalue weighted by Crippen LogP contribution is 2.22. The zero-order valence-corrected chi connectivity index (χ0v) is 14.3. The highest BCUT2D eigenvalue weighted by atomic mass is 16.5. The molecule has 1 aromatic carbocycles. The van der Waals surface area contributed by atoms with Crippen LogP contribution in [0.2, 0.25) is 0 Å². The Balaban J connectivity index is 2.15. The van der Waals surface area contributed by atoms with Gasteiger partial charge in [-0.2, -0.15) is 0 Å². The standard InChI is InChI=1S/C17H14N4O6/c1-8-3-9(5-10(4-8)17(25)26)14-20-12(13(22)16(24)21(14)2)15(23)19-11-6-18-27-7-11/h3-7,22H,1-2H3,(H,19,23)(H,25,26). The first-order valence-electron chi connectivity index (χ1n) is 7.64. The number of carbonyl (C=O) groups is 2. The van der Waals surface area contributed by atoms with Crippen LogP contribution >= 0.6 is 0 Å². The predicted molar refractivity (Wildman–Crippen MR) is 92.7 cm³/mol. The summed E-state index contributed by atoms with van der Waals surface area (Å²) < 4.78 is 5.63. The minimum Gasteiger partial charge on any atom is -0.501 e. The maximum atomic E-state index is 12.4. The molecule has 0 aliphatic rings. The Labute approximate surface area is 151 Å². The average molecular weight is 370 g/mol. The fourth-order valence-electron chi connectivity index (χ4n) is 2.50. The van der Waals surface area contributed by atoms with Crippen molar-refractivity contribution in [1.82, 2.24) is 14.7 Å². The first kappa shape index (κ1) is 17.9. The molecule has 3 aromatic rings. The van der Waals surface area contributed by atoms with E-state index in [1.807, 2.05) is 0 Å². The van der Waals surface area contributed by atoms with Gasteiger partial charge in [0.1, 0.15) is 17.8 Å². The van der Waals surface area contributed by atoms with E-state index in [9.17, 15) is 24.6 Å². The monoisotopic (exact) mass is 370 g/mol. The van der Waals surface area contributed by atoms with Gasteiger partial charge in [0.25, 0.3) is 11.5 Å². The first-order chi connectivity index (χ1) is 12.8. The Hall–Kier alpha value is -3.95. The van der Waals surface area contributed by atoms with Gasteiger partial charge in [-0.1, -0.05) is 5.16 Å². The summed E-state index contributed by atoms with van der Waals surface area (Å²) in [6, 6.07) is 4.41. The molecule has 0 fully saturated rings. The molecular formula is C17H14N4O6. The zero-order valence-electron chi connectivity index (χ0n) is 14.3. The number of amides is 1. The van der Waals surface area contributed by atoms with E-state index in [0.29, 0.717) is 11.1 Å². The molecule has 0 aliphatic heterocycles. The number of aromatic carboxylic acids is 1. The largest absolute Gasteiger partial charge is 0.501 e. The molecule has 10 heteroatoms. The lowest BCUT2D eigenvalue weighted by atomic mass is 10.1. The Morgan fingerprint density at radius 1 is 1.26 bits per heavy atom. The van der Waals surface area contributed by atoms with Crippen molar-refractivity contribution in [3.8, 4) is 17.1 Å². The Morgan fingerprint density at radius 2 is 2.00 bits per heavy atom. The molecule has 0 saturated carbocycles. The number of hydrogen-bond acceptors (Lipinski definition) is 7. The van der Waals surface area contributed by atoms with Crippen molar-refractivity contribution in [2.45, 2.75) is 6.92 Å². The van der Waals surface area contributed by atoms with Crippen LogP contribution in [-0.4, -0.2) is 36.8 Å². The molecule has 0 bridgehead atoms. The second-order valence-corrected chi connectivity index (χ2v) is 5.76. The van der Waals surface area contributed by atoms with Crippen LogP contribution in [0.1, 0.15) is 26.4 Å². The molecule has 10 nitrogen and oxygen atoms in total. The molecule has 2 aromatic heterocycles. The van der Waals surface area contributed by atoms with Gasteiger partial charge in [0.15, 0.2) is 5.69 Å². The lowest BCUT2D eigenvalue weighted by molar-refractivity contribution is 0.0696. The molecule has 0 spiro atoms. The van der Waals surface area contributed by atoms with Crippen molar-refractivity contribution < 1.29 is 24.3 Å². The number of nitrogens with one attached hydrogen (secondary N) is 1. The van der Waals surface area contributed by atoms with Gasteiger partial charge in [-0.25, -0.2) is 9.78 Å². The van der Waals surface area contributed by atoms with Crippen molar-refractivity contribution in [3.63, 3.8) is 0 Å². The fraction of sp³-hybridized carbons (Fsp3) is 0.118. The topological polar surface area (TPSA) is 148 Å². The fourth-order valence-corrected chi connectivity index (χ4v) is 2.50. The van der Waals surface area contributed by atoms with Crippen LogP contribution in [0.4, 0.5) is 5.69 Å². The molecule has 138 valence electrons. The number of rotatable bonds is 4. The van der Waals surface area contributed by atoms with E-state index >= 15 is 0 Å². The number of carboxylic acid groups (broad SMARTS) is 1. The SMILES string of the molecule is Cc1cc(C(=O)O)cc(-c2nc(C(=O)Nc3cnoc3)c(O)c(=O)n2C)c1. The third kappa shape index (κ3) is 3.40. The van der Waals surface area contributed by atoms with Crippen LogP contribution in [0, 0.1) is 6.92 Å². The van der Waals surface area contributed by atoms with Crippen LogP contribution in [0.25, 0.3) is 11.4 Å². The van der Waals surface area contributed by atoms with Gasteiger partial charge in [0.05, 0.1) is 11.8 Å². The number of aromatic nitrogens is 3. The van der Waals surface area contributed by atoms with Crippen molar-refractivity contribution in [3.05, 3.63) is 57.8 Å². The molecule has 0 aliphatic carbocycles. The second kappa shape index (κ2) is 6.75. The molecule has 3 rings (SSSR count). The number of carboxylic acids is 1. The quantitative estimate of drug-likeness (QED) is 0.624. The molecular weight excluding hydrogens is 356 g/mol. The summed E-state index contributed by atoms with van der Waals surface area (Å²) in [6.07, 6.45) is 2.40. The molecule has 1 amide bonds. The van der Waals surface area contributed by atoms with E-state index in [1.165, 1.54) is 25.4 Å². The molecule has 0 atom stereocenters. The number of benzene rings is 1. The number of carbonyl (C=O) groups excluding carboxylic acids is 1. The van der Waals surface area contributed by atoms with Crippen molar-refractivity contribution in [1.29, 1.82) is 0 Å². The van der Waals surface area contributed by atoms with E-state index < -0.39 is 28.9 Å². The summed E-state index contributed by atoms with van der Waals surface area (Å²) in [6.45, 7) is 1.69. The second-order valence-electron chi connectivity index (χ2n) is 5.76. The highest BCUT2D eigenvalue weighted by Gasteiger charge is 2.22. The van der Waals surface area contributed by atoms with Gasteiger partial charge in [0.2, 0.25) is 5.75 Å². The average Bonchev–Trinajstić information content (AvgIpc) is 3.12. The molecule has 27 heavy (non-hydrogen) atoms. The third-order valence-electron chi connectivity index (χ3n) is 3.75. The van der Waals surface area contributed by atoms with Crippen LogP contribution in [-0.2, 0) is 7.05 Å². The zero-order chi connectivity index (χ0) is 19.7. The Morgan fingerprint density at radius 3 is 2.63 bits per heavy atom. The Kier molecular flexibility index (Phi) is 4.46. The normalized spacial score (nSPS) is 10.6. The summed E-state index contributed by atoms with van der Waals surface area (Å²) >= 11 is 0. The number of anilines is 1. The van der Waals surface area contributed by atoms with Crippen LogP contribution < -0.4 is 10.9 Å². The number of aryl methyl sites for hydroxylation is 1. The molecule has 0 saturated heterocycles. The van der Waals surface area contributed by atoms with Gasteiger partial charge in [-0.05, 0) is 30.7 Å². The lowest BCUT2D eigenvalue weighted by Gasteiger charge is -2.12. The van der Waals surface area contributed by atoms with E-state index in [0.717, 1.165) is 10.8 Å². The maximum absolute atomic E-state index is 12.4. The lowest BCUT2D eigenvalue weighted by Crippen LogP contribution is -2.25. The first-order valence-corrected chi connectivity index (χ1v) is 7.64. The molecule has 3 N–H and O–H groups in total. The Bertz CT molecular complexity index is 1100. The van der Waals surface area contributed by atoms with Crippen molar-refractivity contribution in [2.75, 3.05) is 5.32 Å². The van der Waals surface area contributed by atoms with E-state index in [2.05, 4.69) is 20.0 Å². The third-order valence-corrected chi connectivity index (χ3v) is 3.75.